The second-order valence-electron chi connectivity index (χ2n) is 10.4. The maximum atomic E-state index is 14.1. The predicted molar refractivity (Wildman–Crippen MR) is 131 cm³/mol. The van der Waals surface area contributed by atoms with Gasteiger partial charge in [0.2, 0.25) is 5.91 Å². The summed E-state index contributed by atoms with van der Waals surface area (Å²) in [4.78, 5) is 20.6. The molecular formula is C25H33ClFN3OS. The molecule has 1 saturated heterocycles. The maximum absolute atomic E-state index is 14.1. The fourth-order valence-corrected chi connectivity index (χ4v) is 8.25. The van der Waals surface area contributed by atoms with Crippen LogP contribution in [0.2, 0.25) is 5.02 Å². The molecule has 1 N–H and O–H groups in total. The van der Waals surface area contributed by atoms with Crippen molar-refractivity contribution in [3.8, 4) is 0 Å². The summed E-state index contributed by atoms with van der Waals surface area (Å²) in [5.74, 6) is 2.82. The van der Waals surface area contributed by atoms with Gasteiger partial charge in [-0.2, -0.15) is 0 Å². The number of hydrogen-bond acceptors (Lipinski definition) is 3. The highest BCUT2D eigenvalue weighted by Gasteiger charge is 2.51. The van der Waals surface area contributed by atoms with E-state index in [-0.39, 0.29) is 23.2 Å². The predicted octanol–water partition coefficient (Wildman–Crippen LogP) is 6.35. The normalized spacial score (nSPS) is 34.5. The average molecular weight is 478 g/mol. The molecule has 0 spiro atoms. The molecule has 4 saturated carbocycles. The number of nitrogens with zero attached hydrogens (tertiary/aromatic N) is 2. The van der Waals surface area contributed by atoms with E-state index in [1.54, 1.807) is 6.07 Å². The number of nitrogens with one attached hydrogen (secondary N) is 1. The Kier molecular flexibility index (Phi) is 6.45. The Morgan fingerprint density at radius 2 is 1.94 bits per heavy atom. The van der Waals surface area contributed by atoms with Gasteiger partial charge in [0.05, 0.1) is 11.2 Å². The Labute approximate surface area is 199 Å². The number of aliphatic imine (C=N–C) groups is 1. The zero-order valence-electron chi connectivity index (χ0n) is 18.8. The van der Waals surface area contributed by atoms with Crippen LogP contribution in [0.3, 0.4) is 0 Å². The van der Waals surface area contributed by atoms with Crippen LogP contribution in [0, 0.1) is 23.6 Å². The molecule has 6 rings (SSSR count). The average Bonchev–Trinajstić information content (AvgIpc) is 3.07. The molecule has 0 aromatic heterocycles. The topological polar surface area (TPSA) is 44.7 Å². The Balaban J connectivity index is 1.29. The molecular weight excluding hydrogens is 445 g/mol. The molecule has 1 heterocycles. The summed E-state index contributed by atoms with van der Waals surface area (Å²) in [6.07, 6.45) is 10.6. The van der Waals surface area contributed by atoms with E-state index in [1.165, 1.54) is 50.7 Å². The summed E-state index contributed by atoms with van der Waals surface area (Å²) in [7, 11) is 0. The monoisotopic (exact) mass is 477 g/mol. The molecule has 0 radical (unpaired) electrons. The van der Waals surface area contributed by atoms with Gasteiger partial charge in [0.15, 0.2) is 5.17 Å². The number of unbranched alkanes of at least 4 members (excludes halogenated alkanes) is 1. The third-order valence-corrected chi connectivity index (χ3v) is 9.18. The first kappa shape index (κ1) is 22.5. The second-order valence-corrected chi connectivity index (χ2v) is 11.8. The van der Waals surface area contributed by atoms with Gasteiger partial charge in [0.25, 0.3) is 0 Å². The van der Waals surface area contributed by atoms with E-state index >= 15 is 0 Å². The van der Waals surface area contributed by atoms with Crippen molar-refractivity contribution < 1.29 is 9.18 Å². The van der Waals surface area contributed by atoms with Crippen molar-refractivity contribution >= 4 is 40.1 Å². The van der Waals surface area contributed by atoms with Crippen LogP contribution in [0.4, 0.5) is 10.1 Å². The van der Waals surface area contributed by atoms with Crippen molar-refractivity contribution in [1.29, 1.82) is 0 Å². The van der Waals surface area contributed by atoms with E-state index in [0.29, 0.717) is 11.4 Å². The summed E-state index contributed by atoms with van der Waals surface area (Å²) < 4.78 is 14.1. The molecule has 4 nitrogen and oxygen atoms in total. The van der Waals surface area contributed by atoms with Gasteiger partial charge in [0.1, 0.15) is 5.82 Å². The summed E-state index contributed by atoms with van der Waals surface area (Å²) in [5.41, 5.74) is 0.332. The minimum Gasteiger partial charge on any atom is -0.347 e. The molecule has 5 aliphatic rings. The van der Waals surface area contributed by atoms with Gasteiger partial charge in [0, 0.05) is 29.8 Å². The molecule has 7 heteroatoms. The number of hydrogen-bond donors (Lipinski definition) is 1. The molecule has 4 aliphatic carbocycles. The minimum absolute atomic E-state index is 0.106. The molecule has 1 atom stereocenters. The van der Waals surface area contributed by atoms with Crippen molar-refractivity contribution in [2.45, 2.75) is 76.3 Å². The van der Waals surface area contributed by atoms with Gasteiger partial charge in [-0.05, 0) is 80.9 Å². The van der Waals surface area contributed by atoms with E-state index < -0.39 is 5.82 Å². The quantitative estimate of drug-likeness (QED) is 0.497. The van der Waals surface area contributed by atoms with Gasteiger partial charge >= 0.3 is 0 Å². The number of carbonyl (C=O) groups is 1. The third-order valence-electron chi connectivity index (χ3n) is 7.81. The Bertz CT molecular complexity index is 872. The zero-order valence-corrected chi connectivity index (χ0v) is 20.4. The minimum atomic E-state index is -0.501. The summed E-state index contributed by atoms with van der Waals surface area (Å²) in [6.45, 7) is 3.13. The van der Waals surface area contributed by atoms with E-state index in [0.717, 1.165) is 48.1 Å². The highest BCUT2D eigenvalue weighted by atomic mass is 35.5. The van der Waals surface area contributed by atoms with Gasteiger partial charge in [-0.3, -0.25) is 9.79 Å². The van der Waals surface area contributed by atoms with Crippen LogP contribution in [-0.4, -0.2) is 39.9 Å². The second kappa shape index (κ2) is 9.17. The first-order valence-corrected chi connectivity index (χ1v) is 13.5. The van der Waals surface area contributed by atoms with E-state index in [1.807, 2.05) is 11.8 Å². The van der Waals surface area contributed by atoms with Gasteiger partial charge in [-0.1, -0.05) is 36.7 Å². The van der Waals surface area contributed by atoms with Crippen molar-refractivity contribution in [2.24, 2.45) is 22.7 Å². The van der Waals surface area contributed by atoms with Crippen LogP contribution in [-0.2, 0) is 4.79 Å². The lowest BCUT2D eigenvalue weighted by molar-refractivity contribution is -0.116. The van der Waals surface area contributed by atoms with Crippen molar-refractivity contribution in [3.05, 3.63) is 29.0 Å². The van der Waals surface area contributed by atoms with Crippen LogP contribution in [0.5, 0.6) is 0 Å². The van der Waals surface area contributed by atoms with Crippen molar-refractivity contribution in [3.63, 3.8) is 0 Å². The third kappa shape index (κ3) is 4.68. The largest absolute Gasteiger partial charge is 0.347 e. The summed E-state index contributed by atoms with van der Waals surface area (Å²) in [6, 6.07) is 4.45. The Morgan fingerprint density at radius 3 is 2.56 bits per heavy atom. The van der Waals surface area contributed by atoms with Gasteiger partial charge in [-0.25, -0.2) is 4.39 Å². The van der Waals surface area contributed by atoms with E-state index in [2.05, 4.69) is 17.1 Å². The summed E-state index contributed by atoms with van der Waals surface area (Å²) in [5, 5.41) is 4.21. The van der Waals surface area contributed by atoms with E-state index in [4.69, 9.17) is 16.6 Å². The molecule has 32 heavy (non-hydrogen) atoms. The number of anilines is 1. The lowest BCUT2D eigenvalue weighted by Gasteiger charge is -2.55. The fourth-order valence-electron chi connectivity index (χ4n) is 6.78. The number of rotatable bonds is 7. The van der Waals surface area contributed by atoms with Gasteiger partial charge in [-0.15, -0.1) is 0 Å². The number of amidine groups is 1. The zero-order chi connectivity index (χ0) is 22.3. The number of benzene rings is 1. The van der Waals surface area contributed by atoms with Gasteiger partial charge < -0.3 is 10.2 Å². The van der Waals surface area contributed by atoms with Crippen LogP contribution >= 0.6 is 23.4 Å². The standard InChI is InChI=1S/C25H33ClFN3OS/c1-2-3-6-30-20(11-23(31)28-22-5-4-19(26)10-21(22)27)15-32-24(30)29-25-12-16-7-17(13-25)9-18(8-16)14-25/h4-5,10,16-18,20H,2-3,6-9,11-15H2,1H3,(H,28,31). The molecule has 1 amide bonds. The molecule has 1 unspecified atom stereocenters. The Hall–Kier alpha value is -1.27. The van der Waals surface area contributed by atoms with Crippen molar-refractivity contribution in [1.82, 2.24) is 4.90 Å². The number of halogens is 2. The molecule has 1 aromatic carbocycles. The van der Waals surface area contributed by atoms with Crippen LogP contribution in [0.1, 0.15) is 64.7 Å². The number of thioether (sulfide) groups is 1. The smallest absolute Gasteiger partial charge is 0.226 e. The molecule has 4 bridgehead atoms. The maximum Gasteiger partial charge on any atom is 0.226 e. The van der Waals surface area contributed by atoms with Crippen LogP contribution < -0.4 is 5.32 Å². The fraction of sp³-hybridized carbons (Fsp3) is 0.680. The molecule has 174 valence electrons. The number of carbonyl (C=O) groups excluding carboxylic acids is 1. The number of amides is 1. The van der Waals surface area contributed by atoms with Crippen LogP contribution in [0.25, 0.3) is 0 Å². The van der Waals surface area contributed by atoms with Crippen molar-refractivity contribution in [2.75, 3.05) is 17.6 Å². The SMILES string of the molecule is CCCCN1C(=NC23CC4CC(CC(C4)C2)C3)SCC1CC(=O)Nc1ccc(Cl)cc1F. The first-order chi connectivity index (χ1) is 15.4. The molecule has 1 aliphatic heterocycles. The highest BCUT2D eigenvalue weighted by molar-refractivity contribution is 8.14. The molecule has 5 fully saturated rings. The van der Waals surface area contributed by atoms with E-state index in [9.17, 15) is 9.18 Å². The molecule has 1 aromatic rings. The summed E-state index contributed by atoms with van der Waals surface area (Å²) >= 11 is 7.64. The Morgan fingerprint density at radius 1 is 1.25 bits per heavy atom. The lowest BCUT2D eigenvalue weighted by atomic mass is 9.53. The highest BCUT2D eigenvalue weighted by Crippen LogP contribution is 2.57. The lowest BCUT2D eigenvalue weighted by Crippen LogP contribution is -2.50. The first-order valence-electron chi connectivity index (χ1n) is 12.2. The van der Waals surface area contributed by atoms with Crippen LogP contribution in [0.15, 0.2) is 23.2 Å².